The van der Waals surface area contributed by atoms with Gasteiger partial charge in [-0.25, -0.2) is 0 Å². The lowest BCUT2D eigenvalue weighted by atomic mass is 10.2. The normalized spacial score (nSPS) is 15.0. The van der Waals surface area contributed by atoms with Crippen molar-refractivity contribution in [2.45, 2.75) is 18.9 Å². The highest BCUT2D eigenvalue weighted by atomic mass is 32.1. The second-order valence-corrected chi connectivity index (χ2v) is 5.35. The molecule has 0 amide bonds. The summed E-state index contributed by atoms with van der Waals surface area (Å²) >= 11 is 5.26. The Balaban J connectivity index is 2.34. The third kappa shape index (κ3) is 1.75. The monoisotopic (exact) mass is 261 g/mol. The van der Waals surface area contributed by atoms with Crippen molar-refractivity contribution >= 4 is 28.8 Å². The van der Waals surface area contributed by atoms with Gasteiger partial charge in [0.25, 0.3) is 5.56 Å². The molecule has 2 aromatic rings. The Labute approximate surface area is 110 Å². The predicted octanol–water partition coefficient (Wildman–Crippen LogP) is 2.46. The average Bonchev–Trinajstić information content (AvgIpc) is 3.13. The van der Waals surface area contributed by atoms with Gasteiger partial charge in [0.1, 0.15) is 0 Å². The number of aromatic amines is 1. The van der Waals surface area contributed by atoms with Crippen LogP contribution in [-0.4, -0.2) is 23.6 Å². The summed E-state index contributed by atoms with van der Waals surface area (Å²) in [6.07, 6.45) is 2.10. The van der Waals surface area contributed by atoms with E-state index in [2.05, 4.69) is 4.98 Å². The minimum Gasteiger partial charge on any atom is -0.378 e. The molecule has 1 saturated carbocycles. The molecule has 1 aromatic heterocycles. The number of hydrogen-bond donors (Lipinski definition) is 1. The average molecular weight is 261 g/mol. The summed E-state index contributed by atoms with van der Waals surface area (Å²) in [6, 6.07) is 6.11. The number of fused-ring (bicyclic) bond motifs is 1. The Morgan fingerprint density at radius 1 is 1.39 bits per heavy atom. The third-order valence-corrected chi connectivity index (χ3v) is 3.64. The van der Waals surface area contributed by atoms with Gasteiger partial charge >= 0.3 is 0 Å². The van der Waals surface area contributed by atoms with E-state index in [0.717, 1.165) is 24.0 Å². The van der Waals surface area contributed by atoms with E-state index < -0.39 is 0 Å². The van der Waals surface area contributed by atoms with Gasteiger partial charge in [0.05, 0.1) is 10.9 Å². The molecular weight excluding hydrogens is 246 g/mol. The highest BCUT2D eigenvalue weighted by Gasteiger charge is 2.26. The zero-order valence-corrected chi connectivity index (χ0v) is 11.3. The first kappa shape index (κ1) is 11.5. The highest BCUT2D eigenvalue weighted by molar-refractivity contribution is 7.71. The molecule has 0 unspecified atom stereocenters. The van der Waals surface area contributed by atoms with Crippen LogP contribution in [0.5, 0.6) is 0 Å². The van der Waals surface area contributed by atoms with Gasteiger partial charge in [0.15, 0.2) is 4.77 Å². The zero-order chi connectivity index (χ0) is 12.9. The molecular formula is C13H15N3OS. The topological polar surface area (TPSA) is 41.0 Å². The van der Waals surface area contributed by atoms with E-state index in [1.807, 2.05) is 37.2 Å². The molecule has 0 bridgehead atoms. The summed E-state index contributed by atoms with van der Waals surface area (Å²) in [6.45, 7) is 0. The van der Waals surface area contributed by atoms with Gasteiger partial charge in [-0.3, -0.25) is 9.36 Å². The van der Waals surface area contributed by atoms with Gasteiger partial charge in [-0.05, 0) is 43.3 Å². The van der Waals surface area contributed by atoms with Crippen molar-refractivity contribution in [3.8, 4) is 0 Å². The number of anilines is 1. The maximum atomic E-state index is 12.5. The second-order valence-electron chi connectivity index (χ2n) is 4.96. The van der Waals surface area contributed by atoms with Gasteiger partial charge < -0.3 is 9.88 Å². The summed E-state index contributed by atoms with van der Waals surface area (Å²) in [5.41, 5.74) is 1.86. The zero-order valence-electron chi connectivity index (χ0n) is 10.4. The van der Waals surface area contributed by atoms with Crippen molar-refractivity contribution in [3.05, 3.63) is 33.3 Å². The summed E-state index contributed by atoms with van der Waals surface area (Å²) in [4.78, 5) is 17.6. The number of H-pyrrole nitrogens is 1. The van der Waals surface area contributed by atoms with Crippen molar-refractivity contribution < 1.29 is 0 Å². The SMILES string of the molecule is CN(C)c1ccc2[nH]c(=S)n(C3CC3)c(=O)c2c1. The van der Waals surface area contributed by atoms with Crippen molar-refractivity contribution in [2.75, 3.05) is 19.0 Å². The van der Waals surface area contributed by atoms with Gasteiger partial charge in [0.2, 0.25) is 0 Å². The standard InChI is InChI=1S/C13H15N3OS/c1-15(2)9-5-6-11-10(7-9)12(17)16(8-3-4-8)13(18)14-11/h5-8H,3-4H2,1-2H3,(H,14,18). The van der Waals surface area contributed by atoms with Crippen LogP contribution in [0.4, 0.5) is 5.69 Å². The lowest BCUT2D eigenvalue weighted by Crippen LogP contribution is -2.21. The van der Waals surface area contributed by atoms with Crippen LogP contribution in [0.3, 0.4) is 0 Å². The molecule has 1 N–H and O–H groups in total. The minimum atomic E-state index is 0.0277. The van der Waals surface area contributed by atoms with Gasteiger partial charge in [-0.2, -0.15) is 0 Å². The molecule has 94 valence electrons. The van der Waals surface area contributed by atoms with Crippen LogP contribution in [0.2, 0.25) is 0 Å². The van der Waals surface area contributed by atoms with Crippen LogP contribution in [-0.2, 0) is 0 Å². The molecule has 1 aliphatic carbocycles. The number of rotatable bonds is 2. The summed E-state index contributed by atoms with van der Waals surface area (Å²) in [7, 11) is 3.93. The van der Waals surface area contributed by atoms with Crippen molar-refractivity contribution in [1.29, 1.82) is 0 Å². The van der Waals surface area contributed by atoms with Crippen molar-refractivity contribution in [3.63, 3.8) is 0 Å². The summed E-state index contributed by atoms with van der Waals surface area (Å²) < 4.78 is 2.25. The Kier molecular flexibility index (Phi) is 2.52. The Hall–Kier alpha value is -1.62. The molecule has 0 atom stereocenters. The Morgan fingerprint density at radius 3 is 2.72 bits per heavy atom. The van der Waals surface area contributed by atoms with Crippen LogP contribution in [0, 0.1) is 4.77 Å². The molecule has 1 heterocycles. The molecule has 5 heteroatoms. The van der Waals surface area contributed by atoms with Gasteiger partial charge in [-0.1, -0.05) is 0 Å². The largest absolute Gasteiger partial charge is 0.378 e. The fourth-order valence-electron chi connectivity index (χ4n) is 2.16. The van der Waals surface area contributed by atoms with E-state index >= 15 is 0 Å². The van der Waals surface area contributed by atoms with Crippen LogP contribution < -0.4 is 10.5 Å². The first-order chi connectivity index (χ1) is 8.58. The van der Waals surface area contributed by atoms with E-state index in [-0.39, 0.29) is 5.56 Å². The molecule has 0 aliphatic heterocycles. The van der Waals surface area contributed by atoms with Crippen LogP contribution in [0.15, 0.2) is 23.0 Å². The Morgan fingerprint density at radius 2 is 2.11 bits per heavy atom. The molecule has 18 heavy (non-hydrogen) atoms. The highest BCUT2D eigenvalue weighted by Crippen LogP contribution is 2.34. The lowest BCUT2D eigenvalue weighted by Gasteiger charge is -2.13. The first-order valence-electron chi connectivity index (χ1n) is 6.04. The maximum Gasteiger partial charge on any atom is 0.262 e. The number of hydrogen-bond acceptors (Lipinski definition) is 3. The van der Waals surface area contributed by atoms with E-state index in [9.17, 15) is 4.79 Å². The van der Waals surface area contributed by atoms with Crippen LogP contribution in [0.1, 0.15) is 18.9 Å². The molecule has 3 rings (SSSR count). The molecule has 1 aromatic carbocycles. The second kappa shape index (κ2) is 3.95. The third-order valence-electron chi connectivity index (χ3n) is 3.34. The predicted molar refractivity (Wildman–Crippen MR) is 76.0 cm³/mol. The fraction of sp³-hybridized carbons (Fsp3) is 0.385. The van der Waals surface area contributed by atoms with E-state index in [0.29, 0.717) is 16.2 Å². The number of aromatic nitrogens is 2. The minimum absolute atomic E-state index is 0.0277. The lowest BCUT2D eigenvalue weighted by molar-refractivity contribution is 0.686. The Bertz CT molecular complexity index is 725. The summed E-state index contributed by atoms with van der Waals surface area (Å²) in [5, 5.41) is 0.710. The molecule has 1 fully saturated rings. The number of benzene rings is 1. The van der Waals surface area contributed by atoms with E-state index in [1.165, 1.54) is 0 Å². The van der Waals surface area contributed by atoms with Gasteiger partial charge in [0, 0.05) is 25.8 Å². The molecule has 0 saturated heterocycles. The molecule has 0 radical (unpaired) electrons. The molecule has 1 aliphatic rings. The molecule has 0 spiro atoms. The van der Waals surface area contributed by atoms with E-state index in [1.54, 1.807) is 4.57 Å². The molecule has 4 nitrogen and oxygen atoms in total. The van der Waals surface area contributed by atoms with Crippen molar-refractivity contribution in [1.82, 2.24) is 9.55 Å². The maximum absolute atomic E-state index is 12.5. The smallest absolute Gasteiger partial charge is 0.262 e. The number of nitrogens with one attached hydrogen (secondary N) is 1. The number of nitrogens with zero attached hydrogens (tertiary/aromatic N) is 2. The quantitative estimate of drug-likeness (QED) is 0.844. The van der Waals surface area contributed by atoms with Gasteiger partial charge in [-0.15, -0.1) is 0 Å². The van der Waals surface area contributed by atoms with Crippen LogP contribution >= 0.6 is 12.2 Å². The van der Waals surface area contributed by atoms with Crippen molar-refractivity contribution in [2.24, 2.45) is 0 Å². The van der Waals surface area contributed by atoms with E-state index in [4.69, 9.17) is 12.2 Å². The fourth-order valence-corrected chi connectivity index (χ4v) is 2.50. The van der Waals surface area contributed by atoms with Crippen LogP contribution in [0.25, 0.3) is 10.9 Å². The first-order valence-corrected chi connectivity index (χ1v) is 6.44. The summed E-state index contributed by atoms with van der Waals surface area (Å²) in [5.74, 6) is 0.